The molecule has 0 radical (unpaired) electrons. The predicted molar refractivity (Wildman–Crippen MR) is 93.8 cm³/mol. The van der Waals surface area contributed by atoms with Crippen molar-refractivity contribution in [2.24, 2.45) is 21.7 Å². The van der Waals surface area contributed by atoms with Crippen LogP contribution in [0.2, 0.25) is 0 Å². The minimum Gasteiger partial charge on any atom is -0.369 e. The molecule has 4 N–H and O–H groups in total. The second kappa shape index (κ2) is 7.39. The molecule has 0 bridgehead atoms. The van der Waals surface area contributed by atoms with E-state index in [1.165, 1.54) is 0 Å². The fourth-order valence-electron chi connectivity index (χ4n) is 2.30. The Morgan fingerprint density at radius 2 is 2.24 bits per heavy atom. The van der Waals surface area contributed by atoms with Crippen molar-refractivity contribution in [3.63, 3.8) is 0 Å². The Kier molecular flexibility index (Phi) is 4.84. The number of guanidine groups is 1. The van der Waals surface area contributed by atoms with Gasteiger partial charge in [0.2, 0.25) is 17.7 Å². The third-order valence-electron chi connectivity index (χ3n) is 3.42. The van der Waals surface area contributed by atoms with Crippen LogP contribution in [0.3, 0.4) is 0 Å². The van der Waals surface area contributed by atoms with Gasteiger partial charge in [-0.05, 0) is 11.6 Å². The van der Waals surface area contributed by atoms with Crippen LogP contribution in [0.25, 0.3) is 11.4 Å². The lowest BCUT2D eigenvalue weighted by molar-refractivity contribution is 0.370. The number of hydrogen-bond donors (Lipinski definition) is 2. The fraction of sp³-hybridized carbons (Fsp3) is 0.188. The van der Waals surface area contributed by atoms with Crippen LogP contribution in [0.15, 0.2) is 51.4 Å². The third kappa shape index (κ3) is 4.08. The lowest BCUT2D eigenvalue weighted by Crippen LogP contribution is -2.21. The zero-order chi connectivity index (χ0) is 17.6. The molecule has 0 fully saturated rings. The highest BCUT2D eigenvalue weighted by atomic mass is 16.5. The van der Waals surface area contributed by atoms with Crippen LogP contribution in [0.4, 0.5) is 0 Å². The van der Waals surface area contributed by atoms with Crippen LogP contribution < -0.4 is 11.5 Å². The molecule has 9 heteroatoms. The van der Waals surface area contributed by atoms with E-state index in [1.54, 1.807) is 12.4 Å². The maximum absolute atomic E-state index is 5.35. The SMILES string of the molecule is CCc1nccn1Cc1nc(-c2cccc(C=NN=C(N)N)c2)no1. The molecule has 1 aromatic carbocycles. The van der Waals surface area contributed by atoms with E-state index in [1.807, 2.05) is 42.0 Å². The second-order valence-electron chi connectivity index (χ2n) is 5.23. The summed E-state index contributed by atoms with van der Waals surface area (Å²) in [5, 5.41) is 11.4. The molecule has 0 saturated heterocycles. The molecule has 3 aromatic rings. The zero-order valence-corrected chi connectivity index (χ0v) is 13.7. The molecule has 0 amide bonds. The summed E-state index contributed by atoms with van der Waals surface area (Å²) < 4.78 is 7.33. The van der Waals surface area contributed by atoms with E-state index in [0.29, 0.717) is 18.3 Å². The molecule has 0 atom stereocenters. The topological polar surface area (TPSA) is 134 Å². The molecular formula is C16H18N8O. The van der Waals surface area contributed by atoms with E-state index in [0.717, 1.165) is 23.4 Å². The fourth-order valence-corrected chi connectivity index (χ4v) is 2.30. The van der Waals surface area contributed by atoms with E-state index in [2.05, 4.69) is 25.3 Å². The summed E-state index contributed by atoms with van der Waals surface area (Å²) in [7, 11) is 0. The van der Waals surface area contributed by atoms with Gasteiger partial charge in [-0.15, -0.1) is 5.10 Å². The molecule has 25 heavy (non-hydrogen) atoms. The lowest BCUT2D eigenvalue weighted by Gasteiger charge is -2.01. The van der Waals surface area contributed by atoms with Crippen molar-refractivity contribution in [3.8, 4) is 11.4 Å². The number of aromatic nitrogens is 4. The monoisotopic (exact) mass is 338 g/mol. The Balaban J connectivity index is 1.78. The summed E-state index contributed by atoms with van der Waals surface area (Å²) in [6.45, 7) is 2.54. The van der Waals surface area contributed by atoms with Crippen LogP contribution in [-0.4, -0.2) is 31.9 Å². The smallest absolute Gasteiger partial charge is 0.246 e. The summed E-state index contributed by atoms with van der Waals surface area (Å²) in [6, 6.07) is 7.50. The van der Waals surface area contributed by atoms with Gasteiger partial charge in [0.25, 0.3) is 0 Å². The number of benzene rings is 1. The predicted octanol–water partition coefficient (Wildman–Crippen LogP) is 1.15. The van der Waals surface area contributed by atoms with Crippen LogP contribution in [0.5, 0.6) is 0 Å². The van der Waals surface area contributed by atoms with Crippen molar-refractivity contribution in [2.45, 2.75) is 19.9 Å². The summed E-state index contributed by atoms with van der Waals surface area (Å²) in [5.74, 6) is 1.89. The van der Waals surface area contributed by atoms with E-state index in [-0.39, 0.29) is 5.96 Å². The zero-order valence-electron chi connectivity index (χ0n) is 13.7. The Bertz CT molecular complexity index is 904. The van der Waals surface area contributed by atoms with Gasteiger partial charge in [-0.3, -0.25) is 0 Å². The molecule has 0 spiro atoms. The first-order valence-corrected chi connectivity index (χ1v) is 7.70. The number of rotatable bonds is 6. The summed E-state index contributed by atoms with van der Waals surface area (Å²) in [4.78, 5) is 8.72. The van der Waals surface area contributed by atoms with Gasteiger partial charge in [-0.25, -0.2) is 4.98 Å². The Morgan fingerprint density at radius 3 is 3.04 bits per heavy atom. The van der Waals surface area contributed by atoms with Crippen LogP contribution >= 0.6 is 0 Å². The van der Waals surface area contributed by atoms with Crippen LogP contribution in [0.1, 0.15) is 24.2 Å². The molecule has 0 aliphatic heterocycles. The average Bonchev–Trinajstić information content (AvgIpc) is 3.24. The minimum atomic E-state index is -0.0961. The van der Waals surface area contributed by atoms with E-state index in [4.69, 9.17) is 16.0 Å². The number of nitrogens with two attached hydrogens (primary N) is 2. The van der Waals surface area contributed by atoms with Gasteiger partial charge in [0.15, 0.2) is 0 Å². The van der Waals surface area contributed by atoms with Gasteiger partial charge in [-0.1, -0.05) is 30.3 Å². The lowest BCUT2D eigenvalue weighted by atomic mass is 10.1. The van der Waals surface area contributed by atoms with Crippen molar-refractivity contribution in [3.05, 3.63) is 53.9 Å². The summed E-state index contributed by atoms with van der Waals surface area (Å²) in [5.41, 5.74) is 12.1. The maximum Gasteiger partial charge on any atom is 0.246 e. The Hall–Kier alpha value is -3.49. The number of aryl methyl sites for hydroxylation is 1. The van der Waals surface area contributed by atoms with Crippen molar-refractivity contribution in [2.75, 3.05) is 0 Å². The third-order valence-corrected chi connectivity index (χ3v) is 3.42. The molecule has 0 aliphatic carbocycles. The highest BCUT2D eigenvalue weighted by Crippen LogP contribution is 2.17. The minimum absolute atomic E-state index is 0.0961. The van der Waals surface area contributed by atoms with E-state index >= 15 is 0 Å². The van der Waals surface area contributed by atoms with Gasteiger partial charge in [0.05, 0.1) is 6.21 Å². The van der Waals surface area contributed by atoms with Crippen molar-refractivity contribution >= 4 is 12.2 Å². The van der Waals surface area contributed by atoms with Gasteiger partial charge in [0, 0.05) is 24.4 Å². The Labute approximate surface area is 144 Å². The highest BCUT2D eigenvalue weighted by Gasteiger charge is 2.11. The van der Waals surface area contributed by atoms with E-state index < -0.39 is 0 Å². The Morgan fingerprint density at radius 1 is 1.36 bits per heavy atom. The highest BCUT2D eigenvalue weighted by molar-refractivity contribution is 5.83. The molecule has 128 valence electrons. The van der Waals surface area contributed by atoms with Crippen LogP contribution in [0, 0.1) is 0 Å². The molecular weight excluding hydrogens is 320 g/mol. The molecule has 0 unspecified atom stereocenters. The van der Waals surface area contributed by atoms with Gasteiger partial charge < -0.3 is 20.6 Å². The number of nitrogens with zero attached hydrogens (tertiary/aromatic N) is 6. The molecule has 0 aliphatic rings. The summed E-state index contributed by atoms with van der Waals surface area (Å²) >= 11 is 0. The summed E-state index contributed by atoms with van der Waals surface area (Å²) in [6.07, 6.45) is 6.04. The average molecular weight is 338 g/mol. The largest absolute Gasteiger partial charge is 0.369 e. The van der Waals surface area contributed by atoms with Gasteiger partial charge >= 0.3 is 0 Å². The maximum atomic E-state index is 5.35. The first-order valence-electron chi connectivity index (χ1n) is 7.70. The van der Waals surface area contributed by atoms with Crippen molar-refractivity contribution in [1.29, 1.82) is 0 Å². The molecule has 9 nitrogen and oxygen atoms in total. The molecule has 2 heterocycles. The van der Waals surface area contributed by atoms with E-state index in [9.17, 15) is 0 Å². The molecule has 2 aromatic heterocycles. The van der Waals surface area contributed by atoms with Gasteiger partial charge in [0.1, 0.15) is 12.4 Å². The second-order valence-corrected chi connectivity index (χ2v) is 5.23. The van der Waals surface area contributed by atoms with Crippen LogP contribution in [-0.2, 0) is 13.0 Å². The molecule has 3 rings (SSSR count). The normalized spacial score (nSPS) is 11.1. The number of hydrogen-bond acceptors (Lipinski definition) is 6. The van der Waals surface area contributed by atoms with Gasteiger partial charge in [-0.2, -0.15) is 10.1 Å². The first kappa shape index (κ1) is 16.4. The quantitative estimate of drug-likeness (QED) is 0.393. The standard InChI is InChI=1S/C16H18N8O/c1-2-13-19-6-7-24(13)10-14-21-15(23-25-14)12-5-3-4-11(8-12)9-20-22-16(17)18/h3-9H,2,10H2,1H3,(H4,17,18,22). The number of imidazole rings is 1. The van der Waals surface area contributed by atoms with Crippen molar-refractivity contribution in [1.82, 2.24) is 19.7 Å². The van der Waals surface area contributed by atoms with Crippen molar-refractivity contribution < 1.29 is 4.52 Å². The molecule has 0 saturated carbocycles. The first-order chi connectivity index (χ1) is 12.2.